The van der Waals surface area contributed by atoms with E-state index in [1.807, 2.05) is 50.2 Å². The number of hydrogen-bond acceptors (Lipinski definition) is 5. The Labute approximate surface area is 171 Å². The highest BCUT2D eigenvalue weighted by molar-refractivity contribution is 5.90. The van der Waals surface area contributed by atoms with Crippen molar-refractivity contribution >= 4 is 17.7 Å². The number of aliphatic imine (C=N–C) groups is 1. The maximum absolute atomic E-state index is 12.0. The number of nitrogens with zero attached hydrogens (tertiary/aromatic N) is 2. The molecule has 0 radical (unpaired) electrons. The number of amides is 1. The second kappa shape index (κ2) is 11.5. The quantitative estimate of drug-likeness (QED) is 0.442. The van der Waals surface area contributed by atoms with Crippen molar-refractivity contribution in [3.63, 3.8) is 0 Å². The van der Waals surface area contributed by atoms with Gasteiger partial charge in [-0.25, -0.2) is 4.98 Å². The Morgan fingerprint density at radius 1 is 1.17 bits per heavy atom. The lowest BCUT2D eigenvalue weighted by Crippen LogP contribution is -2.42. The van der Waals surface area contributed by atoms with Gasteiger partial charge in [0.15, 0.2) is 5.96 Å². The minimum absolute atomic E-state index is 0.0867. The average Bonchev–Trinajstić information content (AvgIpc) is 2.70. The SMILES string of the molecule is CN=C(NCCC(=O)Nc1cccc(C)n1)NCC(C)Oc1cccc(OC)c1. The molecule has 1 aromatic carbocycles. The Morgan fingerprint density at radius 2 is 1.93 bits per heavy atom. The van der Waals surface area contributed by atoms with Crippen molar-refractivity contribution < 1.29 is 14.3 Å². The van der Waals surface area contributed by atoms with Gasteiger partial charge in [0, 0.05) is 31.8 Å². The lowest BCUT2D eigenvalue weighted by molar-refractivity contribution is -0.116. The van der Waals surface area contributed by atoms with Crippen molar-refractivity contribution in [2.75, 3.05) is 32.6 Å². The second-order valence-corrected chi connectivity index (χ2v) is 6.45. The van der Waals surface area contributed by atoms with Crippen LogP contribution in [-0.4, -0.2) is 50.2 Å². The predicted octanol–water partition coefficient (Wildman–Crippen LogP) is 2.36. The third-order valence-electron chi connectivity index (χ3n) is 3.96. The number of rotatable bonds is 9. The molecule has 1 amide bonds. The lowest BCUT2D eigenvalue weighted by atomic mass is 10.3. The molecule has 0 aliphatic heterocycles. The van der Waals surface area contributed by atoms with Crippen LogP contribution in [0, 0.1) is 6.92 Å². The molecule has 29 heavy (non-hydrogen) atoms. The number of aromatic nitrogens is 1. The zero-order chi connectivity index (χ0) is 21.1. The molecule has 0 saturated carbocycles. The van der Waals surface area contributed by atoms with Crippen molar-refractivity contribution in [2.45, 2.75) is 26.4 Å². The van der Waals surface area contributed by atoms with E-state index in [4.69, 9.17) is 9.47 Å². The minimum Gasteiger partial charge on any atom is -0.497 e. The van der Waals surface area contributed by atoms with E-state index in [1.165, 1.54) is 0 Å². The number of ether oxygens (including phenoxy) is 2. The van der Waals surface area contributed by atoms with E-state index in [-0.39, 0.29) is 12.0 Å². The van der Waals surface area contributed by atoms with Crippen LogP contribution in [-0.2, 0) is 4.79 Å². The Bertz CT molecular complexity index is 825. The Morgan fingerprint density at radius 3 is 2.66 bits per heavy atom. The molecule has 156 valence electrons. The highest BCUT2D eigenvalue weighted by atomic mass is 16.5. The Kier molecular flexibility index (Phi) is 8.75. The van der Waals surface area contributed by atoms with Crippen LogP contribution in [0.4, 0.5) is 5.82 Å². The number of benzene rings is 1. The van der Waals surface area contributed by atoms with Gasteiger partial charge < -0.3 is 25.4 Å². The first-order chi connectivity index (χ1) is 14.0. The van der Waals surface area contributed by atoms with Gasteiger partial charge in [-0.05, 0) is 38.1 Å². The lowest BCUT2D eigenvalue weighted by Gasteiger charge is -2.18. The molecule has 8 nitrogen and oxygen atoms in total. The van der Waals surface area contributed by atoms with E-state index in [9.17, 15) is 4.79 Å². The molecular weight excluding hydrogens is 370 g/mol. The van der Waals surface area contributed by atoms with Crippen molar-refractivity contribution in [3.05, 3.63) is 48.2 Å². The van der Waals surface area contributed by atoms with Gasteiger partial charge in [-0.2, -0.15) is 0 Å². The van der Waals surface area contributed by atoms with Gasteiger partial charge in [0.05, 0.1) is 13.7 Å². The summed E-state index contributed by atoms with van der Waals surface area (Å²) in [4.78, 5) is 20.5. The van der Waals surface area contributed by atoms with Gasteiger partial charge in [0.25, 0.3) is 0 Å². The topological polar surface area (TPSA) is 96.9 Å². The first-order valence-corrected chi connectivity index (χ1v) is 9.49. The third-order valence-corrected chi connectivity index (χ3v) is 3.96. The third kappa shape index (κ3) is 8.08. The summed E-state index contributed by atoms with van der Waals surface area (Å²) in [5, 5.41) is 9.09. The number of guanidine groups is 1. The summed E-state index contributed by atoms with van der Waals surface area (Å²) in [5.74, 6) is 2.54. The van der Waals surface area contributed by atoms with E-state index in [2.05, 4.69) is 25.9 Å². The standard InChI is InChI=1S/C21H29N5O3/c1-15-7-5-10-19(25-15)26-20(27)11-12-23-21(22-3)24-14-16(2)29-18-9-6-8-17(13-18)28-4/h5-10,13,16H,11-12,14H2,1-4H3,(H2,22,23,24)(H,25,26,27). The van der Waals surface area contributed by atoms with Gasteiger partial charge in [0.1, 0.15) is 23.4 Å². The van der Waals surface area contributed by atoms with Crippen molar-refractivity contribution in [1.29, 1.82) is 0 Å². The van der Waals surface area contributed by atoms with Crippen LogP contribution in [0.5, 0.6) is 11.5 Å². The molecule has 1 unspecified atom stereocenters. The second-order valence-electron chi connectivity index (χ2n) is 6.45. The maximum atomic E-state index is 12.0. The minimum atomic E-state index is -0.110. The number of aryl methyl sites for hydroxylation is 1. The van der Waals surface area contributed by atoms with Crippen LogP contribution >= 0.6 is 0 Å². The highest BCUT2D eigenvalue weighted by Gasteiger charge is 2.08. The van der Waals surface area contributed by atoms with Crippen LogP contribution in [0.3, 0.4) is 0 Å². The maximum Gasteiger partial charge on any atom is 0.227 e. The van der Waals surface area contributed by atoms with E-state index < -0.39 is 0 Å². The molecule has 2 rings (SSSR count). The van der Waals surface area contributed by atoms with Gasteiger partial charge in [0.2, 0.25) is 5.91 Å². The molecule has 0 aliphatic carbocycles. The molecule has 8 heteroatoms. The fourth-order valence-corrected chi connectivity index (χ4v) is 2.52. The van der Waals surface area contributed by atoms with E-state index >= 15 is 0 Å². The molecule has 0 spiro atoms. The van der Waals surface area contributed by atoms with Crippen molar-refractivity contribution in [1.82, 2.24) is 15.6 Å². The van der Waals surface area contributed by atoms with Crippen molar-refractivity contribution in [3.8, 4) is 11.5 Å². The van der Waals surface area contributed by atoms with E-state index in [0.717, 1.165) is 17.2 Å². The van der Waals surface area contributed by atoms with E-state index in [1.54, 1.807) is 20.2 Å². The van der Waals surface area contributed by atoms with Crippen LogP contribution < -0.4 is 25.4 Å². The van der Waals surface area contributed by atoms with Crippen LogP contribution in [0.15, 0.2) is 47.5 Å². The van der Waals surface area contributed by atoms with Crippen LogP contribution in [0.2, 0.25) is 0 Å². The number of carbonyl (C=O) groups excluding carboxylic acids is 1. The summed E-state index contributed by atoms with van der Waals surface area (Å²) in [6, 6.07) is 13.0. The normalized spacial score (nSPS) is 12.1. The number of hydrogen-bond donors (Lipinski definition) is 3. The molecule has 0 bridgehead atoms. The summed E-state index contributed by atoms with van der Waals surface area (Å²) in [5.41, 5.74) is 0.857. The highest BCUT2D eigenvalue weighted by Crippen LogP contribution is 2.19. The molecule has 0 aliphatic rings. The van der Waals surface area contributed by atoms with Crippen molar-refractivity contribution in [2.24, 2.45) is 4.99 Å². The summed E-state index contributed by atoms with van der Waals surface area (Å²) >= 11 is 0. The fraction of sp³-hybridized carbons (Fsp3) is 0.381. The van der Waals surface area contributed by atoms with Crippen LogP contribution in [0.1, 0.15) is 19.0 Å². The molecule has 0 fully saturated rings. The number of methoxy groups -OCH3 is 1. The summed E-state index contributed by atoms with van der Waals surface area (Å²) in [6.45, 7) is 4.84. The first-order valence-electron chi connectivity index (χ1n) is 9.49. The Hall–Kier alpha value is -3.29. The van der Waals surface area contributed by atoms with Gasteiger partial charge >= 0.3 is 0 Å². The monoisotopic (exact) mass is 399 g/mol. The molecule has 0 saturated heterocycles. The number of pyridine rings is 1. The largest absolute Gasteiger partial charge is 0.497 e. The Balaban J connectivity index is 1.69. The van der Waals surface area contributed by atoms with Gasteiger partial charge in [-0.3, -0.25) is 9.79 Å². The first kappa shape index (κ1) is 22.0. The molecule has 3 N–H and O–H groups in total. The molecule has 1 atom stereocenters. The predicted molar refractivity (Wildman–Crippen MR) is 115 cm³/mol. The summed E-state index contributed by atoms with van der Waals surface area (Å²) in [6.07, 6.45) is 0.211. The number of carbonyl (C=O) groups is 1. The molecule has 1 aromatic heterocycles. The van der Waals surface area contributed by atoms with Gasteiger partial charge in [-0.15, -0.1) is 0 Å². The zero-order valence-corrected chi connectivity index (χ0v) is 17.4. The molecular formula is C21H29N5O3. The summed E-state index contributed by atoms with van der Waals surface area (Å²) < 4.78 is 11.1. The molecule has 1 heterocycles. The number of nitrogens with one attached hydrogen (secondary N) is 3. The van der Waals surface area contributed by atoms with Gasteiger partial charge in [-0.1, -0.05) is 12.1 Å². The van der Waals surface area contributed by atoms with Crippen LogP contribution in [0.25, 0.3) is 0 Å². The zero-order valence-electron chi connectivity index (χ0n) is 17.4. The fourth-order valence-electron chi connectivity index (χ4n) is 2.52. The van der Waals surface area contributed by atoms with E-state index in [0.29, 0.717) is 31.3 Å². The number of anilines is 1. The smallest absolute Gasteiger partial charge is 0.227 e. The summed E-state index contributed by atoms with van der Waals surface area (Å²) in [7, 11) is 3.30. The molecule has 2 aromatic rings. The average molecular weight is 399 g/mol.